The lowest BCUT2D eigenvalue weighted by atomic mass is 10.1. The van der Waals surface area contributed by atoms with Crippen LogP contribution in [0.4, 0.5) is 5.13 Å². The number of rotatable bonds is 7. The van der Waals surface area contributed by atoms with Crippen molar-refractivity contribution in [1.82, 2.24) is 4.98 Å². The molecule has 0 saturated heterocycles. The Morgan fingerprint density at radius 3 is 2.43 bits per heavy atom. The molecule has 0 spiro atoms. The van der Waals surface area contributed by atoms with Crippen LogP contribution >= 0.6 is 11.3 Å². The summed E-state index contributed by atoms with van der Waals surface area (Å²) >= 11 is 1.48. The molecule has 0 radical (unpaired) electrons. The van der Waals surface area contributed by atoms with Gasteiger partial charge in [-0.15, -0.1) is 0 Å². The number of hydrogen-bond donors (Lipinski definition) is 1. The molecule has 154 valence electrons. The van der Waals surface area contributed by atoms with Crippen LogP contribution in [0.2, 0.25) is 0 Å². The molecule has 1 N–H and O–H groups in total. The Hall–Kier alpha value is -3.32. The van der Waals surface area contributed by atoms with Crippen molar-refractivity contribution in [3.05, 3.63) is 54.1 Å². The van der Waals surface area contributed by atoms with Gasteiger partial charge in [-0.05, 0) is 35.6 Å². The quantitative estimate of drug-likeness (QED) is 0.451. The van der Waals surface area contributed by atoms with Crippen LogP contribution in [0.15, 0.2) is 48.5 Å². The number of carbonyl (C=O) groups is 1. The van der Waals surface area contributed by atoms with E-state index in [4.69, 9.17) is 14.2 Å². The van der Waals surface area contributed by atoms with Crippen LogP contribution < -0.4 is 19.5 Å². The molecule has 0 aliphatic rings. The van der Waals surface area contributed by atoms with Crippen molar-refractivity contribution in [2.45, 2.75) is 12.8 Å². The fraction of sp³-hybridized carbons (Fsp3) is 0.217. The minimum absolute atomic E-state index is 0.0906. The van der Waals surface area contributed by atoms with Gasteiger partial charge in [0.2, 0.25) is 11.7 Å². The number of fused-ring (bicyclic) bond motifs is 3. The lowest BCUT2D eigenvalue weighted by Crippen LogP contribution is -2.12. The topological polar surface area (TPSA) is 69.7 Å². The number of aryl methyl sites for hydroxylation is 1. The van der Waals surface area contributed by atoms with Gasteiger partial charge in [-0.2, -0.15) is 0 Å². The largest absolute Gasteiger partial charge is 0.493 e. The Morgan fingerprint density at radius 1 is 1.00 bits per heavy atom. The standard InChI is InChI=1S/C23H22N2O4S/c1-27-17-12-14(13-18(28-2)22(17)29-3)8-11-20(26)24-23-25-21-16-7-5-4-6-15(16)9-10-19(21)30-23/h4-7,9-10,12-13H,8,11H2,1-3H3,(H,24,25,26). The summed E-state index contributed by atoms with van der Waals surface area (Å²) in [6.07, 6.45) is 0.853. The molecule has 0 atom stereocenters. The van der Waals surface area contributed by atoms with E-state index in [1.165, 1.54) is 11.3 Å². The Morgan fingerprint density at radius 2 is 1.73 bits per heavy atom. The van der Waals surface area contributed by atoms with Gasteiger partial charge >= 0.3 is 0 Å². The molecule has 30 heavy (non-hydrogen) atoms. The highest BCUT2D eigenvalue weighted by Gasteiger charge is 2.15. The van der Waals surface area contributed by atoms with Gasteiger partial charge in [-0.25, -0.2) is 4.98 Å². The molecule has 6 nitrogen and oxygen atoms in total. The number of methoxy groups -OCH3 is 3. The van der Waals surface area contributed by atoms with Crippen molar-refractivity contribution in [1.29, 1.82) is 0 Å². The van der Waals surface area contributed by atoms with Crippen molar-refractivity contribution in [2.24, 2.45) is 0 Å². The number of benzene rings is 3. The molecule has 0 unspecified atom stereocenters. The predicted octanol–water partition coefficient (Wildman–Crippen LogP) is 5.05. The number of anilines is 1. The summed E-state index contributed by atoms with van der Waals surface area (Å²) in [6, 6.07) is 15.9. The van der Waals surface area contributed by atoms with E-state index in [1.54, 1.807) is 21.3 Å². The van der Waals surface area contributed by atoms with Crippen molar-refractivity contribution in [2.75, 3.05) is 26.6 Å². The van der Waals surface area contributed by atoms with Crippen LogP contribution in [0.5, 0.6) is 17.2 Å². The van der Waals surface area contributed by atoms with Crippen LogP contribution in [-0.4, -0.2) is 32.2 Å². The number of nitrogens with zero attached hydrogens (tertiary/aromatic N) is 1. The first-order valence-electron chi connectivity index (χ1n) is 9.50. The number of amides is 1. The Balaban J connectivity index is 1.48. The monoisotopic (exact) mass is 422 g/mol. The highest BCUT2D eigenvalue weighted by molar-refractivity contribution is 7.22. The van der Waals surface area contributed by atoms with Gasteiger partial charge in [-0.3, -0.25) is 4.79 Å². The van der Waals surface area contributed by atoms with Gasteiger partial charge in [0.25, 0.3) is 0 Å². The third-order valence-corrected chi connectivity index (χ3v) is 5.83. The van der Waals surface area contributed by atoms with E-state index in [0.29, 0.717) is 35.2 Å². The highest BCUT2D eigenvalue weighted by atomic mass is 32.1. The van der Waals surface area contributed by atoms with Crippen molar-refractivity contribution >= 4 is 43.4 Å². The number of carbonyl (C=O) groups excluding carboxylic acids is 1. The zero-order valence-electron chi connectivity index (χ0n) is 17.0. The summed E-state index contributed by atoms with van der Waals surface area (Å²) in [7, 11) is 4.71. The van der Waals surface area contributed by atoms with Crippen LogP contribution in [0.1, 0.15) is 12.0 Å². The SMILES string of the molecule is COc1cc(CCC(=O)Nc2nc3c(ccc4ccccc43)s2)cc(OC)c1OC. The number of hydrogen-bond acceptors (Lipinski definition) is 6. The number of nitrogens with one attached hydrogen (secondary N) is 1. The summed E-state index contributed by atoms with van der Waals surface area (Å²) in [5, 5.41) is 5.76. The van der Waals surface area contributed by atoms with Gasteiger partial charge in [0.05, 0.1) is 31.5 Å². The maximum absolute atomic E-state index is 12.5. The molecule has 1 heterocycles. The van der Waals surface area contributed by atoms with Crippen molar-refractivity contribution in [3.63, 3.8) is 0 Å². The van der Waals surface area contributed by atoms with Crippen LogP contribution in [0.3, 0.4) is 0 Å². The fourth-order valence-corrected chi connectivity index (χ4v) is 4.33. The maximum atomic E-state index is 12.5. The second-order valence-electron chi connectivity index (χ2n) is 6.73. The van der Waals surface area contributed by atoms with Crippen molar-refractivity contribution < 1.29 is 19.0 Å². The summed E-state index contributed by atoms with van der Waals surface area (Å²) in [5.41, 5.74) is 1.84. The zero-order valence-corrected chi connectivity index (χ0v) is 17.8. The second kappa shape index (κ2) is 8.59. The van der Waals surface area contributed by atoms with Crippen LogP contribution in [-0.2, 0) is 11.2 Å². The molecule has 0 saturated carbocycles. The number of thiazole rings is 1. The average molecular weight is 423 g/mol. The molecule has 0 fully saturated rings. The predicted molar refractivity (Wildman–Crippen MR) is 120 cm³/mol. The molecular formula is C23H22N2O4S. The average Bonchev–Trinajstić information content (AvgIpc) is 3.19. The summed E-state index contributed by atoms with van der Waals surface area (Å²) in [5.74, 6) is 1.60. The van der Waals surface area contributed by atoms with Gasteiger partial charge in [0.1, 0.15) is 0 Å². The molecule has 4 aromatic rings. The normalized spacial score (nSPS) is 10.9. The fourth-order valence-electron chi connectivity index (χ4n) is 3.43. The van der Waals surface area contributed by atoms with E-state index in [-0.39, 0.29) is 5.91 Å². The molecular weight excluding hydrogens is 400 g/mol. The molecule has 4 rings (SSSR count). The highest BCUT2D eigenvalue weighted by Crippen LogP contribution is 2.38. The molecule has 1 amide bonds. The van der Waals surface area contributed by atoms with E-state index in [1.807, 2.05) is 36.4 Å². The van der Waals surface area contributed by atoms with E-state index < -0.39 is 0 Å². The smallest absolute Gasteiger partial charge is 0.226 e. The van der Waals surface area contributed by atoms with Gasteiger partial charge in [0.15, 0.2) is 16.6 Å². The molecule has 0 aliphatic carbocycles. The van der Waals surface area contributed by atoms with E-state index in [2.05, 4.69) is 22.4 Å². The van der Waals surface area contributed by atoms with E-state index in [0.717, 1.165) is 26.6 Å². The third-order valence-electron chi connectivity index (χ3n) is 4.90. The van der Waals surface area contributed by atoms with Crippen LogP contribution in [0, 0.1) is 0 Å². The summed E-state index contributed by atoms with van der Waals surface area (Å²) in [4.78, 5) is 17.2. The molecule has 0 bridgehead atoms. The minimum Gasteiger partial charge on any atom is -0.493 e. The molecule has 3 aromatic carbocycles. The Labute approximate surface area is 178 Å². The molecule has 1 aromatic heterocycles. The zero-order chi connectivity index (χ0) is 21.1. The van der Waals surface area contributed by atoms with E-state index >= 15 is 0 Å². The Kier molecular flexibility index (Phi) is 5.72. The first-order chi connectivity index (χ1) is 14.6. The number of aromatic nitrogens is 1. The summed E-state index contributed by atoms with van der Waals surface area (Å²) in [6.45, 7) is 0. The lowest BCUT2D eigenvalue weighted by molar-refractivity contribution is -0.116. The van der Waals surface area contributed by atoms with Gasteiger partial charge in [-0.1, -0.05) is 41.7 Å². The Bertz CT molecular complexity index is 1190. The van der Waals surface area contributed by atoms with E-state index in [9.17, 15) is 4.79 Å². The van der Waals surface area contributed by atoms with Gasteiger partial charge < -0.3 is 19.5 Å². The maximum Gasteiger partial charge on any atom is 0.226 e. The van der Waals surface area contributed by atoms with Gasteiger partial charge in [0, 0.05) is 11.8 Å². The second-order valence-corrected chi connectivity index (χ2v) is 7.76. The molecule has 0 aliphatic heterocycles. The third kappa shape index (κ3) is 3.89. The number of ether oxygens (including phenoxy) is 3. The summed E-state index contributed by atoms with van der Waals surface area (Å²) < 4.78 is 17.1. The minimum atomic E-state index is -0.0906. The van der Waals surface area contributed by atoms with Crippen LogP contribution in [0.25, 0.3) is 21.0 Å². The first kappa shape index (κ1) is 20.0. The van der Waals surface area contributed by atoms with Crippen molar-refractivity contribution in [3.8, 4) is 17.2 Å². The lowest BCUT2D eigenvalue weighted by Gasteiger charge is -2.14. The first-order valence-corrected chi connectivity index (χ1v) is 10.3. The molecule has 7 heteroatoms.